The molecule has 0 aliphatic carbocycles. The van der Waals surface area contributed by atoms with Gasteiger partial charge in [-0.15, -0.1) is 0 Å². The van der Waals surface area contributed by atoms with E-state index in [4.69, 9.17) is 9.47 Å². The summed E-state index contributed by atoms with van der Waals surface area (Å²) in [5.41, 5.74) is 2.09. The summed E-state index contributed by atoms with van der Waals surface area (Å²) in [5.74, 6) is -1.03. The molecule has 0 fully saturated rings. The van der Waals surface area contributed by atoms with Gasteiger partial charge in [0, 0.05) is 24.5 Å². The lowest BCUT2D eigenvalue weighted by atomic mass is 9.88. The van der Waals surface area contributed by atoms with Gasteiger partial charge in [0.2, 0.25) is 5.91 Å². The van der Waals surface area contributed by atoms with E-state index >= 15 is 0 Å². The van der Waals surface area contributed by atoms with Crippen LogP contribution in [0, 0.1) is 0 Å². The Balaban J connectivity index is 1.90. The van der Waals surface area contributed by atoms with Gasteiger partial charge in [-0.2, -0.15) is 0 Å². The van der Waals surface area contributed by atoms with Crippen LogP contribution in [0.5, 0.6) is 11.5 Å². The van der Waals surface area contributed by atoms with Gasteiger partial charge in [-0.05, 0) is 11.1 Å². The lowest BCUT2D eigenvalue weighted by Gasteiger charge is -2.19. The Hall–Kier alpha value is -3.80. The van der Waals surface area contributed by atoms with Crippen molar-refractivity contribution in [3.63, 3.8) is 0 Å². The normalized spacial score (nSPS) is 10.5. The number of benzene rings is 3. The first kappa shape index (κ1) is 20.9. The van der Waals surface area contributed by atoms with E-state index in [9.17, 15) is 14.7 Å². The molecule has 3 aromatic rings. The third-order valence-corrected chi connectivity index (χ3v) is 4.82. The topological polar surface area (TPSA) is 84.9 Å². The fourth-order valence-corrected chi connectivity index (χ4v) is 3.34. The number of anilines is 1. The van der Waals surface area contributed by atoms with Crippen molar-refractivity contribution < 1.29 is 24.2 Å². The second kappa shape index (κ2) is 9.60. The van der Waals surface area contributed by atoms with E-state index in [0.717, 1.165) is 11.1 Å². The average Bonchev–Trinajstić information content (AvgIpc) is 2.78. The number of carbonyl (C=O) groups is 2. The van der Waals surface area contributed by atoms with Gasteiger partial charge >= 0.3 is 5.97 Å². The molecular formula is C24H23NO5. The number of hydrogen-bond donors (Lipinski definition) is 2. The Morgan fingerprint density at radius 1 is 0.867 bits per heavy atom. The smallest absolute Gasteiger partial charge is 0.337 e. The van der Waals surface area contributed by atoms with Gasteiger partial charge in [-0.25, -0.2) is 4.79 Å². The zero-order chi connectivity index (χ0) is 21.5. The Labute approximate surface area is 175 Å². The van der Waals surface area contributed by atoms with Crippen molar-refractivity contribution in [2.24, 2.45) is 0 Å². The quantitative estimate of drug-likeness (QED) is 0.574. The monoisotopic (exact) mass is 405 g/mol. The molecule has 3 aromatic carbocycles. The molecule has 0 heterocycles. The van der Waals surface area contributed by atoms with Crippen LogP contribution in [-0.2, 0) is 4.79 Å². The zero-order valence-electron chi connectivity index (χ0n) is 16.8. The molecular weight excluding hydrogens is 382 g/mol. The SMILES string of the molecule is COc1cc(NC(=O)CC(c2ccccc2)c2ccccc2)c(C(=O)O)cc1OC. The van der Waals surface area contributed by atoms with E-state index in [1.54, 1.807) is 0 Å². The summed E-state index contributed by atoms with van der Waals surface area (Å²) in [6.45, 7) is 0. The highest BCUT2D eigenvalue weighted by Crippen LogP contribution is 2.34. The summed E-state index contributed by atoms with van der Waals surface area (Å²) in [6.07, 6.45) is 0.154. The van der Waals surface area contributed by atoms with E-state index in [1.807, 2.05) is 60.7 Å². The van der Waals surface area contributed by atoms with Gasteiger partial charge in [-0.1, -0.05) is 60.7 Å². The van der Waals surface area contributed by atoms with Crippen molar-refractivity contribution in [3.05, 3.63) is 89.5 Å². The van der Waals surface area contributed by atoms with Crippen molar-refractivity contribution in [3.8, 4) is 11.5 Å². The number of nitrogens with one attached hydrogen (secondary N) is 1. The van der Waals surface area contributed by atoms with Crippen LogP contribution in [0.1, 0.15) is 33.8 Å². The molecule has 6 heteroatoms. The molecule has 0 spiro atoms. The fourth-order valence-electron chi connectivity index (χ4n) is 3.34. The maximum Gasteiger partial charge on any atom is 0.337 e. The number of amides is 1. The van der Waals surface area contributed by atoms with E-state index in [0.29, 0.717) is 5.75 Å². The zero-order valence-corrected chi connectivity index (χ0v) is 16.8. The minimum absolute atomic E-state index is 0.0722. The van der Waals surface area contributed by atoms with Gasteiger partial charge in [0.1, 0.15) is 0 Å². The molecule has 0 aromatic heterocycles. The lowest BCUT2D eigenvalue weighted by Crippen LogP contribution is -2.18. The predicted octanol–water partition coefficient (Wildman–Crippen LogP) is 4.56. The second-order valence-corrected chi connectivity index (χ2v) is 6.68. The van der Waals surface area contributed by atoms with Crippen LogP contribution in [0.15, 0.2) is 72.8 Å². The van der Waals surface area contributed by atoms with Gasteiger partial charge in [0.25, 0.3) is 0 Å². The number of aromatic carboxylic acids is 1. The average molecular weight is 405 g/mol. The van der Waals surface area contributed by atoms with Crippen molar-refractivity contribution in [2.75, 3.05) is 19.5 Å². The van der Waals surface area contributed by atoms with Crippen LogP contribution in [-0.4, -0.2) is 31.2 Å². The van der Waals surface area contributed by atoms with Gasteiger partial charge in [0.05, 0.1) is 25.5 Å². The second-order valence-electron chi connectivity index (χ2n) is 6.68. The molecule has 0 unspecified atom stereocenters. The first-order chi connectivity index (χ1) is 14.5. The summed E-state index contributed by atoms with van der Waals surface area (Å²) >= 11 is 0. The summed E-state index contributed by atoms with van der Waals surface area (Å²) < 4.78 is 10.4. The number of methoxy groups -OCH3 is 2. The molecule has 0 saturated carbocycles. The summed E-state index contributed by atoms with van der Waals surface area (Å²) in [4.78, 5) is 24.6. The number of carbonyl (C=O) groups excluding carboxylic acids is 1. The van der Waals surface area contributed by atoms with Crippen molar-refractivity contribution in [1.82, 2.24) is 0 Å². The molecule has 0 atom stereocenters. The van der Waals surface area contributed by atoms with Crippen LogP contribution < -0.4 is 14.8 Å². The fraction of sp³-hybridized carbons (Fsp3) is 0.167. The van der Waals surface area contributed by atoms with Crippen molar-refractivity contribution in [2.45, 2.75) is 12.3 Å². The summed E-state index contributed by atoms with van der Waals surface area (Å²) in [7, 11) is 2.87. The third kappa shape index (κ3) is 4.78. The van der Waals surface area contributed by atoms with Crippen LogP contribution in [0.2, 0.25) is 0 Å². The Morgan fingerprint density at radius 2 is 1.37 bits per heavy atom. The molecule has 0 bridgehead atoms. The van der Waals surface area contributed by atoms with E-state index in [-0.39, 0.29) is 35.2 Å². The Kier molecular flexibility index (Phi) is 6.70. The predicted molar refractivity (Wildman–Crippen MR) is 114 cm³/mol. The molecule has 0 aliphatic rings. The number of rotatable bonds is 8. The first-order valence-electron chi connectivity index (χ1n) is 9.42. The van der Waals surface area contributed by atoms with Gasteiger partial charge in [-0.3, -0.25) is 4.79 Å². The third-order valence-electron chi connectivity index (χ3n) is 4.82. The maximum absolute atomic E-state index is 12.9. The number of hydrogen-bond acceptors (Lipinski definition) is 4. The molecule has 3 rings (SSSR count). The molecule has 154 valence electrons. The Bertz CT molecular complexity index is 979. The van der Waals surface area contributed by atoms with Crippen molar-refractivity contribution in [1.29, 1.82) is 0 Å². The van der Waals surface area contributed by atoms with E-state index in [2.05, 4.69) is 5.32 Å². The highest BCUT2D eigenvalue weighted by atomic mass is 16.5. The maximum atomic E-state index is 12.9. The highest BCUT2D eigenvalue weighted by Gasteiger charge is 2.21. The summed E-state index contributed by atoms with van der Waals surface area (Å²) in [6, 6.07) is 22.3. The van der Waals surface area contributed by atoms with Crippen LogP contribution in [0.25, 0.3) is 0 Å². The van der Waals surface area contributed by atoms with Crippen LogP contribution >= 0.6 is 0 Å². The van der Waals surface area contributed by atoms with Crippen molar-refractivity contribution >= 4 is 17.6 Å². The highest BCUT2D eigenvalue weighted by molar-refractivity contribution is 6.01. The molecule has 6 nitrogen and oxygen atoms in total. The largest absolute Gasteiger partial charge is 0.493 e. The number of ether oxygens (including phenoxy) is 2. The van der Waals surface area contributed by atoms with E-state index < -0.39 is 5.97 Å². The van der Waals surface area contributed by atoms with Gasteiger partial charge in [0.15, 0.2) is 11.5 Å². The van der Waals surface area contributed by atoms with E-state index in [1.165, 1.54) is 26.4 Å². The van der Waals surface area contributed by atoms with Gasteiger partial charge < -0.3 is 19.9 Å². The molecule has 1 amide bonds. The Morgan fingerprint density at radius 3 is 1.83 bits per heavy atom. The summed E-state index contributed by atoms with van der Waals surface area (Å²) in [5, 5.41) is 12.3. The minimum Gasteiger partial charge on any atom is -0.493 e. The van der Waals surface area contributed by atoms with Crippen LogP contribution in [0.3, 0.4) is 0 Å². The standard InChI is InChI=1S/C24H23NO5/c1-29-21-13-19(24(27)28)20(15-22(21)30-2)25-23(26)14-18(16-9-5-3-6-10-16)17-11-7-4-8-12-17/h3-13,15,18H,14H2,1-2H3,(H,25,26)(H,27,28). The lowest BCUT2D eigenvalue weighted by molar-refractivity contribution is -0.116. The number of carboxylic acids is 1. The first-order valence-corrected chi connectivity index (χ1v) is 9.42. The van der Waals surface area contributed by atoms with Crippen LogP contribution in [0.4, 0.5) is 5.69 Å². The molecule has 0 radical (unpaired) electrons. The molecule has 0 aliphatic heterocycles. The molecule has 30 heavy (non-hydrogen) atoms. The minimum atomic E-state index is -1.17. The number of carboxylic acid groups (broad SMARTS) is 1. The molecule has 0 saturated heterocycles. The molecule has 2 N–H and O–H groups in total.